The Hall–Kier alpha value is -3.70. The fourth-order valence-electron chi connectivity index (χ4n) is 4.67. The molecule has 0 aliphatic heterocycles. The lowest BCUT2D eigenvalue weighted by Crippen LogP contribution is -2.09. The highest BCUT2D eigenvalue weighted by molar-refractivity contribution is 7.86. The van der Waals surface area contributed by atoms with Crippen molar-refractivity contribution in [2.75, 3.05) is 0 Å². The van der Waals surface area contributed by atoms with Crippen LogP contribution in [0.1, 0.15) is 11.4 Å². The highest BCUT2D eigenvalue weighted by Crippen LogP contribution is 2.42. The van der Waals surface area contributed by atoms with Gasteiger partial charge in [0.2, 0.25) is 0 Å². The summed E-state index contributed by atoms with van der Waals surface area (Å²) in [4.78, 5) is 8.40. The largest absolute Gasteiger partial charge is 0.296 e. The van der Waals surface area contributed by atoms with Crippen molar-refractivity contribution in [2.24, 2.45) is 0 Å². The molecule has 36 heavy (non-hydrogen) atoms. The Morgan fingerprint density at radius 3 is 1.19 bits per heavy atom. The van der Waals surface area contributed by atoms with Gasteiger partial charge in [-0.1, -0.05) is 72.8 Å². The van der Waals surface area contributed by atoms with Crippen molar-refractivity contribution in [1.82, 2.24) is 9.97 Å². The first-order chi connectivity index (χ1) is 17.0. The number of hydrogen-bond acceptors (Lipinski definition) is 6. The summed E-state index contributed by atoms with van der Waals surface area (Å²) in [5.74, 6) is 0. The van der Waals surface area contributed by atoms with Crippen LogP contribution < -0.4 is 0 Å². The maximum Gasteiger partial charge on any atom is 0.296 e. The summed E-state index contributed by atoms with van der Waals surface area (Å²) in [6.07, 6.45) is 0. The molecule has 0 amide bonds. The monoisotopic (exact) mass is 520 g/mol. The summed E-state index contributed by atoms with van der Waals surface area (Å²) in [5.41, 5.74) is 2.43. The lowest BCUT2D eigenvalue weighted by atomic mass is 9.95. The van der Waals surface area contributed by atoms with Crippen molar-refractivity contribution in [1.29, 1.82) is 0 Å². The number of fused-ring (bicyclic) bond motifs is 3. The Balaban J connectivity index is 2.04. The van der Waals surface area contributed by atoms with Crippen LogP contribution in [0.25, 0.3) is 44.1 Å². The van der Waals surface area contributed by atoms with E-state index in [9.17, 15) is 25.9 Å². The van der Waals surface area contributed by atoms with E-state index in [0.29, 0.717) is 32.9 Å². The molecule has 0 fully saturated rings. The van der Waals surface area contributed by atoms with Crippen molar-refractivity contribution in [3.63, 3.8) is 0 Å². The number of aryl methyl sites for hydroxylation is 2. The molecular formula is C26H20N2O6S2. The Bertz CT molecular complexity index is 1750. The molecule has 0 atom stereocenters. The van der Waals surface area contributed by atoms with E-state index in [1.54, 1.807) is 72.8 Å². The molecular weight excluding hydrogens is 500 g/mol. The summed E-state index contributed by atoms with van der Waals surface area (Å²) in [7, 11) is -9.28. The van der Waals surface area contributed by atoms with Crippen molar-refractivity contribution in [3.8, 4) is 22.3 Å². The van der Waals surface area contributed by atoms with E-state index in [4.69, 9.17) is 0 Å². The molecule has 0 aliphatic rings. The van der Waals surface area contributed by atoms with Gasteiger partial charge in [-0.05, 0) is 25.0 Å². The fourth-order valence-corrected chi connectivity index (χ4v) is 6.48. The molecule has 182 valence electrons. The molecule has 0 bridgehead atoms. The number of benzene rings is 3. The Morgan fingerprint density at radius 2 is 0.889 bits per heavy atom. The van der Waals surface area contributed by atoms with E-state index in [0.717, 1.165) is 0 Å². The Kier molecular flexibility index (Phi) is 5.64. The Labute approximate surface area is 207 Å². The zero-order valence-electron chi connectivity index (χ0n) is 19.2. The van der Waals surface area contributed by atoms with Crippen LogP contribution in [0.15, 0.2) is 82.6 Å². The molecule has 2 aromatic heterocycles. The highest BCUT2D eigenvalue weighted by Gasteiger charge is 2.28. The van der Waals surface area contributed by atoms with Gasteiger partial charge in [0.05, 0.1) is 22.4 Å². The van der Waals surface area contributed by atoms with Gasteiger partial charge in [-0.25, -0.2) is 9.97 Å². The minimum atomic E-state index is -4.64. The SMILES string of the molecule is Cc1nc2c(ccc3c(-c4ccccc4)c(S(=O)(=O)O)c(C)nc32)c(-c2ccccc2)c1S(=O)(=O)O. The molecule has 8 nitrogen and oxygen atoms in total. The third-order valence-electron chi connectivity index (χ3n) is 6.00. The summed E-state index contributed by atoms with van der Waals surface area (Å²) >= 11 is 0. The zero-order chi connectivity index (χ0) is 25.8. The molecule has 0 aliphatic carbocycles. The van der Waals surface area contributed by atoms with Crippen LogP contribution in [0, 0.1) is 13.8 Å². The third kappa shape index (κ3) is 3.94. The lowest BCUT2D eigenvalue weighted by molar-refractivity contribution is 0.480. The van der Waals surface area contributed by atoms with Crippen LogP contribution in [0.4, 0.5) is 0 Å². The standard InChI is InChI=1S/C26H20N2O6S2/c1-15-25(35(29,30)31)21(17-9-5-3-6-10-17)19-13-14-20-22(18-11-7-4-8-12-18)26(36(32,33)34)16(2)28-24(20)23(19)27-15/h3-14H,1-2H3,(H,29,30,31)(H,32,33,34). The second-order valence-electron chi connectivity index (χ2n) is 8.34. The van der Waals surface area contributed by atoms with Crippen molar-refractivity contribution < 1.29 is 25.9 Å². The number of nitrogens with zero attached hydrogens (tertiary/aromatic N) is 2. The van der Waals surface area contributed by atoms with E-state index >= 15 is 0 Å². The van der Waals surface area contributed by atoms with E-state index < -0.39 is 20.2 Å². The lowest BCUT2D eigenvalue weighted by Gasteiger charge is -2.18. The summed E-state index contributed by atoms with van der Waals surface area (Å²) in [6.45, 7) is 2.96. The first-order valence-electron chi connectivity index (χ1n) is 10.8. The number of hydrogen-bond donors (Lipinski definition) is 2. The molecule has 0 spiro atoms. The maximum absolute atomic E-state index is 12.4. The highest BCUT2D eigenvalue weighted by atomic mass is 32.2. The summed E-state index contributed by atoms with van der Waals surface area (Å²) in [5, 5.41) is 0.829. The molecule has 3 aromatic carbocycles. The van der Waals surface area contributed by atoms with Crippen molar-refractivity contribution >= 4 is 42.0 Å². The van der Waals surface area contributed by atoms with Gasteiger partial charge < -0.3 is 0 Å². The van der Waals surface area contributed by atoms with Crippen LogP contribution in [0.5, 0.6) is 0 Å². The zero-order valence-corrected chi connectivity index (χ0v) is 20.8. The van der Waals surface area contributed by atoms with Gasteiger partial charge in [-0.15, -0.1) is 0 Å². The second-order valence-corrected chi connectivity index (χ2v) is 11.1. The normalized spacial score (nSPS) is 12.3. The molecule has 0 saturated carbocycles. The molecule has 0 radical (unpaired) electrons. The summed E-state index contributed by atoms with van der Waals surface area (Å²) < 4.78 is 69.8. The molecule has 5 aromatic rings. The smallest absolute Gasteiger partial charge is 0.282 e. The third-order valence-corrected chi connectivity index (χ3v) is 8.03. The average molecular weight is 521 g/mol. The fraction of sp³-hybridized carbons (Fsp3) is 0.0769. The van der Waals surface area contributed by atoms with Gasteiger partial charge in [0.15, 0.2) is 0 Å². The molecule has 10 heteroatoms. The Morgan fingerprint density at radius 1 is 0.556 bits per heavy atom. The maximum atomic E-state index is 12.4. The van der Waals surface area contributed by atoms with Gasteiger partial charge in [0.25, 0.3) is 20.2 Å². The minimum Gasteiger partial charge on any atom is -0.282 e. The molecule has 0 unspecified atom stereocenters. The first-order valence-corrected chi connectivity index (χ1v) is 13.7. The van der Waals surface area contributed by atoms with Crippen LogP contribution >= 0.6 is 0 Å². The molecule has 5 rings (SSSR count). The average Bonchev–Trinajstić information content (AvgIpc) is 2.82. The van der Waals surface area contributed by atoms with Gasteiger partial charge in [-0.2, -0.15) is 16.8 Å². The minimum absolute atomic E-state index is 0.0657. The van der Waals surface area contributed by atoms with Crippen molar-refractivity contribution in [3.05, 3.63) is 84.2 Å². The van der Waals surface area contributed by atoms with Crippen molar-refractivity contribution in [2.45, 2.75) is 23.6 Å². The molecule has 0 saturated heterocycles. The topological polar surface area (TPSA) is 135 Å². The van der Waals surface area contributed by atoms with Gasteiger partial charge in [0.1, 0.15) is 9.79 Å². The van der Waals surface area contributed by atoms with Crippen LogP contribution in [-0.2, 0) is 20.2 Å². The second kappa shape index (κ2) is 8.45. The predicted octanol–water partition coefficient (Wildman–Crippen LogP) is 5.23. The quantitative estimate of drug-likeness (QED) is 0.243. The molecule has 2 heterocycles. The van der Waals surface area contributed by atoms with Crippen LogP contribution in [0.3, 0.4) is 0 Å². The van der Waals surface area contributed by atoms with E-state index in [1.165, 1.54) is 13.8 Å². The van der Waals surface area contributed by atoms with Crippen LogP contribution in [0.2, 0.25) is 0 Å². The van der Waals surface area contributed by atoms with Gasteiger partial charge >= 0.3 is 0 Å². The number of rotatable bonds is 4. The molecule has 2 N–H and O–H groups in total. The van der Waals surface area contributed by atoms with E-state index in [2.05, 4.69) is 9.97 Å². The predicted molar refractivity (Wildman–Crippen MR) is 137 cm³/mol. The first kappa shape index (κ1) is 24.0. The van der Waals surface area contributed by atoms with Gasteiger partial charge in [-0.3, -0.25) is 9.11 Å². The van der Waals surface area contributed by atoms with Crippen LogP contribution in [-0.4, -0.2) is 35.9 Å². The number of pyridine rings is 2. The van der Waals surface area contributed by atoms with Gasteiger partial charge in [0, 0.05) is 21.9 Å². The summed E-state index contributed by atoms with van der Waals surface area (Å²) in [6, 6.07) is 20.7. The van der Waals surface area contributed by atoms with E-state index in [1.807, 2.05) is 0 Å². The number of aromatic nitrogens is 2. The van der Waals surface area contributed by atoms with E-state index in [-0.39, 0.29) is 32.3 Å².